The Bertz CT molecular complexity index is 613. The lowest BCUT2D eigenvalue weighted by Gasteiger charge is -2.32. The van der Waals surface area contributed by atoms with Gasteiger partial charge in [-0.25, -0.2) is 13.1 Å². The third-order valence-electron chi connectivity index (χ3n) is 3.03. The average Bonchev–Trinajstić information content (AvgIpc) is 2.25. The zero-order valence-corrected chi connectivity index (χ0v) is 11.7. The van der Waals surface area contributed by atoms with Gasteiger partial charge in [-0.3, -0.25) is 0 Å². The molecule has 0 bridgehead atoms. The molecule has 1 saturated carbocycles. The summed E-state index contributed by atoms with van der Waals surface area (Å²) in [6.07, 6.45) is -3.98. The van der Waals surface area contributed by atoms with Crippen LogP contribution in [0.15, 0.2) is 23.1 Å². The smallest absolute Gasteiger partial charge is 0.328 e. The van der Waals surface area contributed by atoms with E-state index in [-0.39, 0.29) is 11.1 Å². The largest absolute Gasteiger partial charge is 0.417 e. The molecule has 3 N–H and O–H groups in total. The van der Waals surface area contributed by atoms with Crippen molar-refractivity contribution >= 4 is 21.6 Å². The highest BCUT2D eigenvalue weighted by Crippen LogP contribution is 2.36. The number of hydrogen-bond acceptors (Lipinski definition) is 3. The molecule has 0 amide bonds. The van der Waals surface area contributed by atoms with Crippen LogP contribution in [0.2, 0.25) is 5.02 Å². The first-order valence-electron chi connectivity index (χ1n) is 5.74. The van der Waals surface area contributed by atoms with Gasteiger partial charge in [0.2, 0.25) is 10.0 Å². The highest BCUT2D eigenvalue weighted by molar-refractivity contribution is 7.89. The number of sulfonamides is 1. The molecule has 0 aliphatic heterocycles. The predicted molar refractivity (Wildman–Crippen MR) is 67.8 cm³/mol. The van der Waals surface area contributed by atoms with Gasteiger partial charge in [-0.1, -0.05) is 11.6 Å². The molecule has 0 radical (unpaired) electrons. The van der Waals surface area contributed by atoms with E-state index in [9.17, 15) is 21.6 Å². The molecule has 0 heterocycles. The van der Waals surface area contributed by atoms with Crippen LogP contribution in [0.3, 0.4) is 0 Å². The minimum absolute atomic E-state index is 0.116. The maximum Gasteiger partial charge on any atom is 0.417 e. The summed E-state index contributed by atoms with van der Waals surface area (Å²) in [6, 6.07) is 2.02. The standard InChI is InChI=1S/C11H12ClF3N2O2S/c12-6-1-2-10(9(3-6)11(13,14)15)20(18,19)17-8-4-7(16)5-8/h1-3,7-8,17H,4-5,16H2. The van der Waals surface area contributed by atoms with Crippen molar-refractivity contribution in [3.63, 3.8) is 0 Å². The van der Waals surface area contributed by atoms with Crippen molar-refractivity contribution in [1.82, 2.24) is 4.72 Å². The van der Waals surface area contributed by atoms with E-state index in [1.165, 1.54) is 0 Å². The summed E-state index contributed by atoms with van der Waals surface area (Å²) in [5.74, 6) is 0. The number of halogens is 4. The highest BCUT2D eigenvalue weighted by atomic mass is 35.5. The molecule has 1 fully saturated rings. The zero-order valence-electron chi connectivity index (χ0n) is 10.1. The second-order valence-corrected chi connectivity index (χ2v) is 6.81. The lowest BCUT2D eigenvalue weighted by atomic mass is 9.89. The monoisotopic (exact) mass is 328 g/mol. The Morgan fingerprint density at radius 2 is 1.90 bits per heavy atom. The van der Waals surface area contributed by atoms with E-state index >= 15 is 0 Å². The fourth-order valence-corrected chi connectivity index (χ4v) is 3.64. The Balaban J connectivity index is 2.36. The Hall–Kier alpha value is -0.830. The molecule has 2 rings (SSSR count). The fourth-order valence-electron chi connectivity index (χ4n) is 2.00. The number of rotatable bonds is 3. The lowest BCUT2D eigenvalue weighted by Crippen LogP contribution is -2.50. The van der Waals surface area contributed by atoms with Gasteiger partial charge in [-0.15, -0.1) is 0 Å². The fraction of sp³-hybridized carbons (Fsp3) is 0.455. The summed E-state index contributed by atoms with van der Waals surface area (Å²) in [6.45, 7) is 0. The molecule has 0 atom stereocenters. The molecule has 1 aliphatic rings. The van der Waals surface area contributed by atoms with Gasteiger partial charge in [-0.2, -0.15) is 13.2 Å². The molecule has 9 heteroatoms. The first-order valence-corrected chi connectivity index (χ1v) is 7.60. The van der Waals surface area contributed by atoms with Crippen LogP contribution in [0, 0.1) is 0 Å². The Morgan fingerprint density at radius 3 is 2.40 bits per heavy atom. The van der Waals surface area contributed by atoms with Crippen molar-refractivity contribution in [1.29, 1.82) is 0 Å². The summed E-state index contributed by atoms with van der Waals surface area (Å²) in [7, 11) is -4.26. The van der Waals surface area contributed by atoms with Crippen molar-refractivity contribution in [3.8, 4) is 0 Å². The molecule has 0 spiro atoms. The topological polar surface area (TPSA) is 72.2 Å². The van der Waals surface area contributed by atoms with Crippen molar-refractivity contribution in [2.24, 2.45) is 5.73 Å². The van der Waals surface area contributed by atoms with Crippen LogP contribution in [0.5, 0.6) is 0 Å². The van der Waals surface area contributed by atoms with Crippen molar-refractivity contribution in [3.05, 3.63) is 28.8 Å². The number of benzene rings is 1. The van der Waals surface area contributed by atoms with Gasteiger partial charge in [0.25, 0.3) is 0 Å². The molecular formula is C11H12ClF3N2O2S. The Labute approximate surface area is 119 Å². The van der Waals surface area contributed by atoms with E-state index in [2.05, 4.69) is 4.72 Å². The van der Waals surface area contributed by atoms with Crippen LogP contribution in [0.1, 0.15) is 18.4 Å². The minimum Gasteiger partial charge on any atom is -0.328 e. The van der Waals surface area contributed by atoms with E-state index in [1.807, 2.05) is 0 Å². The van der Waals surface area contributed by atoms with Crippen LogP contribution in [0.25, 0.3) is 0 Å². The molecular weight excluding hydrogens is 317 g/mol. The summed E-state index contributed by atoms with van der Waals surface area (Å²) in [5.41, 5.74) is 4.24. The van der Waals surface area contributed by atoms with Crippen LogP contribution in [-0.2, 0) is 16.2 Å². The van der Waals surface area contributed by atoms with Crippen LogP contribution >= 0.6 is 11.6 Å². The molecule has 1 aromatic rings. The molecule has 0 saturated heterocycles. The number of alkyl halides is 3. The first-order chi connectivity index (χ1) is 9.09. The molecule has 1 aliphatic carbocycles. The molecule has 1 aromatic carbocycles. The predicted octanol–water partition coefficient (Wildman–Crippen LogP) is 2.13. The molecule has 0 aromatic heterocycles. The second-order valence-electron chi connectivity index (χ2n) is 4.69. The van der Waals surface area contributed by atoms with Gasteiger partial charge in [-0.05, 0) is 31.0 Å². The van der Waals surface area contributed by atoms with E-state index in [0.29, 0.717) is 18.9 Å². The van der Waals surface area contributed by atoms with Crippen molar-refractivity contribution in [2.45, 2.75) is 36.0 Å². The third kappa shape index (κ3) is 3.25. The lowest BCUT2D eigenvalue weighted by molar-refractivity contribution is -0.139. The van der Waals surface area contributed by atoms with Crippen molar-refractivity contribution < 1.29 is 21.6 Å². The van der Waals surface area contributed by atoms with Gasteiger partial charge in [0, 0.05) is 17.1 Å². The number of nitrogens with two attached hydrogens (primary N) is 1. The first kappa shape index (κ1) is 15.6. The number of hydrogen-bond donors (Lipinski definition) is 2. The van der Waals surface area contributed by atoms with Crippen LogP contribution < -0.4 is 10.5 Å². The quantitative estimate of drug-likeness (QED) is 0.892. The second kappa shape index (κ2) is 5.18. The van der Waals surface area contributed by atoms with Gasteiger partial charge in [0.05, 0.1) is 10.5 Å². The van der Waals surface area contributed by atoms with E-state index in [0.717, 1.165) is 12.1 Å². The minimum atomic E-state index is -4.80. The van der Waals surface area contributed by atoms with E-state index in [1.54, 1.807) is 0 Å². The normalized spacial score (nSPS) is 23.4. The van der Waals surface area contributed by atoms with Gasteiger partial charge in [0.15, 0.2) is 0 Å². The maximum absolute atomic E-state index is 12.9. The van der Waals surface area contributed by atoms with Crippen LogP contribution in [-0.4, -0.2) is 20.5 Å². The molecule has 20 heavy (non-hydrogen) atoms. The van der Waals surface area contributed by atoms with Gasteiger partial charge in [0.1, 0.15) is 0 Å². The summed E-state index contributed by atoms with van der Waals surface area (Å²) < 4.78 is 64.9. The molecule has 4 nitrogen and oxygen atoms in total. The highest BCUT2D eigenvalue weighted by Gasteiger charge is 2.39. The Kier molecular flexibility index (Phi) is 4.03. The summed E-state index contributed by atoms with van der Waals surface area (Å²) >= 11 is 5.50. The van der Waals surface area contributed by atoms with Gasteiger partial charge >= 0.3 is 6.18 Å². The molecule has 0 unspecified atom stereocenters. The van der Waals surface area contributed by atoms with E-state index < -0.39 is 32.7 Å². The summed E-state index contributed by atoms with van der Waals surface area (Å²) in [5, 5.41) is -0.179. The maximum atomic E-state index is 12.9. The SMILES string of the molecule is NC1CC(NS(=O)(=O)c2ccc(Cl)cc2C(F)(F)F)C1. The molecule has 112 valence electrons. The summed E-state index contributed by atoms with van der Waals surface area (Å²) in [4.78, 5) is -0.824. The average molecular weight is 329 g/mol. The third-order valence-corrected chi connectivity index (χ3v) is 4.85. The Morgan fingerprint density at radius 1 is 1.30 bits per heavy atom. The number of nitrogens with one attached hydrogen (secondary N) is 1. The van der Waals surface area contributed by atoms with Crippen LogP contribution in [0.4, 0.5) is 13.2 Å². The van der Waals surface area contributed by atoms with Gasteiger partial charge < -0.3 is 5.73 Å². The zero-order chi connectivity index (χ0) is 15.1. The van der Waals surface area contributed by atoms with Crippen molar-refractivity contribution in [2.75, 3.05) is 0 Å². The van der Waals surface area contributed by atoms with E-state index in [4.69, 9.17) is 17.3 Å².